The van der Waals surface area contributed by atoms with E-state index in [1.54, 1.807) is 11.1 Å². The molecule has 5 aromatic carbocycles. The summed E-state index contributed by atoms with van der Waals surface area (Å²) in [4.78, 5) is 8.52. The monoisotopic (exact) mass is 876 g/mol. The molecule has 0 amide bonds. The first-order valence-corrected chi connectivity index (χ1v) is 25.9. The van der Waals surface area contributed by atoms with Gasteiger partial charge in [0.2, 0.25) is 0 Å². The molecule has 0 saturated heterocycles. The van der Waals surface area contributed by atoms with Crippen LogP contribution in [-0.4, -0.2) is 17.8 Å². The lowest BCUT2D eigenvalue weighted by Crippen LogP contribution is -2.64. The molecule has 4 unspecified atom stereocenters. The van der Waals surface area contributed by atoms with Crippen molar-refractivity contribution in [1.82, 2.24) is 0 Å². The van der Waals surface area contributed by atoms with Gasteiger partial charge in [-0.15, -0.1) is 0 Å². The Kier molecular flexibility index (Phi) is 9.11. The van der Waals surface area contributed by atoms with Gasteiger partial charge in [0, 0.05) is 50.6 Å². The maximum atomic E-state index is 2.96. The van der Waals surface area contributed by atoms with E-state index in [1.165, 1.54) is 130 Å². The molecule has 11 rings (SSSR count). The van der Waals surface area contributed by atoms with E-state index in [4.69, 9.17) is 0 Å². The van der Waals surface area contributed by atoms with Crippen LogP contribution >= 0.6 is 0 Å². The van der Waals surface area contributed by atoms with Crippen molar-refractivity contribution in [1.29, 1.82) is 0 Å². The number of rotatable bonds is 2. The van der Waals surface area contributed by atoms with Crippen molar-refractivity contribution in [3.63, 3.8) is 0 Å². The fraction of sp³-hybridized carbons (Fsp3) is 0.516. The molecule has 4 aliphatic heterocycles. The number of fused-ring (bicyclic) bond motifs is 10. The zero-order chi connectivity index (χ0) is 47.1. The highest BCUT2D eigenvalue weighted by atomic mass is 15.3. The van der Waals surface area contributed by atoms with E-state index in [-0.39, 0.29) is 50.3 Å². The molecule has 4 heterocycles. The van der Waals surface area contributed by atoms with Gasteiger partial charge >= 0.3 is 0 Å². The minimum atomic E-state index is -0.0779. The van der Waals surface area contributed by atoms with Gasteiger partial charge < -0.3 is 14.7 Å². The first-order valence-electron chi connectivity index (χ1n) is 25.9. The lowest BCUT2D eigenvalue weighted by molar-refractivity contribution is 0.194. The lowest BCUT2D eigenvalue weighted by atomic mass is 9.33. The van der Waals surface area contributed by atoms with Crippen molar-refractivity contribution >= 4 is 62.9 Å². The molecule has 2 saturated carbocycles. The standard InChI is InChI=1S/C62H78BN3/c1-55(2,3)39-21-25-43(26-22-39)64-50-28-24-41(57(7,8)9)35-47(50)63-48-36-42(58(10,11)12)34-46-54(48)66(62(16)32-20-18-30-60(46,62)14)52-38-44(37-51(64)53(52)63)65-49-27-23-40(56(4,5)6)33-45(49)59(13)29-17-19-31-61(59,65)15/h21-28,33-38H,17-20,29-32H2,1-16H3. The summed E-state index contributed by atoms with van der Waals surface area (Å²) in [5, 5.41) is 0. The molecule has 2 aliphatic carbocycles. The number of anilines is 7. The molecule has 0 radical (unpaired) electrons. The van der Waals surface area contributed by atoms with Crippen LogP contribution in [0.2, 0.25) is 0 Å². The minimum absolute atomic E-state index is 0.00504. The van der Waals surface area contributed by atoms with Gasteiger partial charge in [0.25, 0.3) is 6.71 Å². The van der Waals surface area contributed by atoms with Crippen LogP contribution in [0.5, 0.6) is 0 Å². The quantitative estimate of drug-likeness (QED) is 0.161. The third kappa shape index (κ3) is 5.81. The summed E-state index contributed by atoms with van der Waals surface area (Å²) >= 11 is 0. The number of hydrogen-bond donors (Lipinski definition) is 0. The summed E-state index contributed by atoms with van der Waals surface area (Å²) in [5.41, 5.74) is 22.9. The first kappa shape index (κ1) is 44.1. The van der Waals surface area contributed by atoms with Crippen molar-refractivity contribution in [2.75, 3.05) is 14.7 Å². The van der Waals surface area contributed by atoms with E-state index in [0.29, 0.717) is 0 Å². The van der Waals surface area contributed by atoms with Crippen molar-refractivity contribution in [2.24, 2.45) is 0 Å². The van der Waals surface area contributed by atoms with Crippen LogP contribution in [0.25, 0.3) is 0 Å². The van der Waals surface area contributed by atoms with Gasteiger partial charge in [0.15, 0.2) is 0 Å². The predicted octanol–water partition coefficient (Wildman–Crippen LogP) is 15.0. The molecule has 0 bridgehead atoms. The van der Waals surface area contributed by atoms with Crippen molar-refractivity contribution in [3.05, 3.63) is 118 Å². The van der Waals surface area contributed by atoms with Crippen molar-refractivity contribution in [3.8, 4) is 0 Å². The maximum absolute atomic E-state index is 2.96. The minimum Gasteiger partial charge on any atom is -0.335 e. The summed E-state index contributed by atoms with van der Waals surface area (Å²) in [6.45, 7) is 39.2. The number of nitrogens with zero attached hydrogens (tertiary/aromatic N) is 3. The largest absolute Gasteiger partial charge is 0.335 e. The van der Waals surface area contributed by atoms with E-state index < -0.39 is 0 Å². The van der Waals surface area contributed by atoms with E-state index in [1.807, 2.05) is 0 Å². The lowest BCUT2D eigenvalue weighted by Gasteiger charge is -2.54. The van der Waals surface area contributed by atoms with Gasteiger partial charge in [-0.3, -0.25) is 0 Å². The average Bonchev–Trinajstić information content (AvgIpc) is 3.58. The van der Waals surface area contributed by atoms with Gasteiger partial charge in [0.05, 0.1) is 11.1 Å². The summed E-state index contributed by atoms with van der Waals surface area (Å²) in [6.07, 6.45) is 9.88. The number of hydrogen-bond acceptors (Lipinski definition) is 3. The van der Waals surface area contributed by atoms with Crippen LogP contribution in [0.15, 0.2) is 84.9 Å². The van der Waals surface area contributed by atoms with Gasteiger partial charge in [-0.1, -0.05) is 171 Å². The van der Waals surface area contributed by atoms with Crippen LogP contribution in [0.4, 0.5) is 39.8 Å². The third-order valence-corrected chi connectivity index (χ3v) is 19.0. The molecular weight excluding hydrogens is 798 g/mol. The highest BCUT2D eigenvalue weighted by Crippen LogP contribution is 2.65. The Hall–Kier alpha value is -4.44. The molecule has 4 heteroatoms. The second kappa shape index (κ2) is 13.6. The molecule has 0 spiro atoms. The molecule has 2 fully saturated rings. The predicted molar refractivity (Wildman–Crippen MR) is 286 cm³/mol. The topological polar surface area (TPSA) is 9.72 Å². The van der Waals surface area contributed by atoms with E-state index >= 15 is 0 Å². The zero-order valence-corrected chi connectivity index (χ0v) is 43.7. The second-order valence-electron chi connectivity index (χ2n) is 27.0. The Morgan fingerprint density at radius 1 is 0.409 bits per heavy atom. The van der Waals surface area contributed by atoms with E-state index in [2.05, 4.69) is 210 Å². The van der Waals surface area contributed by atoms with Crippen LogP contribution in [0, 0.1) is 0 Å². The third-order valence-electron chi connectivity index (χ3n) is 19.0. The van der Waals surface area contributed by atoms with Crippen LogP contribution in [-0.2, 0) is 32.5 Å². The summed E-state index contributed by atoms with van der Waals surface area (Å²) in [7, 11) is 0. The van der Waals surface area contributed by atoms with Gasteiger partial charge in [-0.25, -0.2) is 0 Å². The molecular formula is C62H78BN3. The molecule has 66 heavy (non-hydrogen) atoms. The van der Waals surface area contributed by atoms with Crippen molar-refractivity contribution in [2.45, 2.75) is 206 Å². The van der Waals surface area contributed by atoms with E-state index in [0.717, 1.165) is 0 Å². The molecule has 5 aromatic rings. The SMILES string of the molecule is CC(C)(C)c1ccc(N2c3ccc(C(C)(C)C)cc3B3c4cc(C(C)(C)C)cc5c4N(c4cc(N6c7ccc(C(C)(C)C)cc7C7(C)CCCCC67C)cc2c43)C2(C)CCCCC52C)cc1. The Bertz CT molecular complexity index is 2840. The van der Waals surface area contributed by atoms with E-state index in [9.17, 15) is 0 Å². The van der Waals surface area contributed by atoms with Crippen LogP contribution in [0.3, 0.4) is 0 Å². The summed E-state index contributed by atoms with van der Waals surface area (Å²) in [5.74, 6) is 0. The maximum Gasteiger partial charge on any atom is 0.252 e. The van der Waals surface area contributed by atoms with Gasteiger partial charge in [-0.2, -0.15) is 0 Å². The Morgan fingerprint density at radius 3 is 1.47 bits per heavy atom. The Morgan fingerprint density at radius 2 is 0.879 bits per heavy atom. The fourth-order valence-corrected chi connectivity index (χ4v) is 14.4. The average molecular weight is 876 g/mol. The van der Waals surface area contributed by atoms with Crippen molar-refractivity contribution < 1.29 is 0 Å². The second-order valence-corrected chi connectivity index (χ2v) is 27.0. The molecule has 0 N–H and O–H groups in total. The molecule has 0 aromatic heterocycles. The van der Waals surface area contributed by atoms with Crippen LogP contribution < -0.4 is 31.1 Å². The molecule has 344 valence electrons. The number of benzene rings is 5. The summed E-state index contributed by atoms with van der Waals surface area (Å²) in [6, 6.07) is 35.5. The summed E-state index contributed by atoms with van der Waals surface area (Å²) < 4.78 is 0. The Balaban J connectivity index is 1.28. The molecule has 6 aliphatic rings. The fourth-order valence-electron chi connectivity index (χ4n) is 14.4. The smallest absolute Gasteiger partial charge is 0.252 e. The van der Waals surface area contributed by atoms with Gasteiger partial charge in [-0.05, 0) is 147 Å². The first-order chi connectivity index (χ1) is 30.7. The normalized spacial score (nSPS) is 26.4. The molecule has 3 nitrogen and oxygen atoms in total. The molecule has 4 atom stereocenters. The van der Waals surface area contributed by atoms with Crippen LogP contribution in [0.1, 0.15) is 196 Å². The highest BCUT2D eigenvalue weighted by molar-refractivity contribution is 7.00. The zero-order valence-electron chi connectivity index (χ0n) is 43.7. The Labute approximate surface area is 399 Å². The van der Waals surface area contributed by atoms with Gasteiger partial charge in [0.1, 0.15) is 0 Å². The highest BCUT2D eigenvalue weighted by Gasteiger charge is 2.63.